The predicted molar refractivity (Wildman–Crippen MR) is 91.7 cm³/mol. The molecule has 3 rings (SSSR count). The maximum atomic E-state index is 12.6. The number of amides is 2. The largest absolute Gasteiger partial charge is 0.444 e. The van der Waals surface area contributed by atoms with Crippen LogP contribution in [0.4, 0.5) is 4.79 Å². The van der Waals surface area contributed by atoms with Gasteiger partial charge in [0, 0.05) is 30.6 Å². The average Bonchev–Trinajstić information content (AvgIpc) is 3.07. The second-order valence-corrected chi connectivity index (χ2v) is 7.83. The summed E-state index contributed by atoms with van der Waals surface area (Å²) in [6.07, 6.45) is 1.65. The number of benzene rings is 1. The van der Waals surface area contributed by atoms with E-state index in [-0.39, 0.29) is 18.0 Å². The number of rotatable bonds is 2. The molecule has 3 atom stereocenters. The van der Waals surface area contributed by atoms with Crippen molar-refractivity contribution in [2.45, 2.75) is 45.3 Å². The third-order valence-electron chi connectivity index (χ3n) is 4.87. The van der Waals surface area contributed by atoms with E-state index < -0.39 is 5.60 Å². The lowest BCUT2D eigenvalue weighted by atomic mass is 9.98. The van der Waals surface area contributed by atoms with Crippen LogP contribution in [0.1, 0.15) is 44.0 Å². The molecule has 5 nitrogen and oxygen atoms in total. The summed E-state index contributed by atoms with van der Waals surface area (Å²) < 4.78 is 5.36. The average molecular weight is 330 g/mol. The summed E-state index contributed by atoms with van der Waals surface area (Å²) in [5.41, 5.74) is 0.238. The smallest absolute Gasteiger partial charge is 0.407 e. The van der Waals surface area contributed by atoms with Crippen molar-refractivity contribution in [1.82, 2.24) is 10.2 Å². The number of hydrogen-bond donors (Lipinski definition) is 1. The summed E-state index contributed by atoms with van der Waals surface area (Å²) in [5, 5.41) is 3.01. The van der Waals surface area contributed by atoms with Crippen LogP contribution < -0.4 is 5.32 Å². The van der Waals surface area contributed by atoms with E-state index in [1.54, 1.807) is 0 Å². The van der Waals surface area contributed by atoms with Gasteiger partial charge in [0.1, 0.15) is 5.60 Å². The number of fused-ring (bicyclic) bond motifs is 1. The molecule has 0 bridgehead atoms. The molecule has 1 aromatic carbocycles. The molecule has 1 N–H and O–H groups in total. The Hall–Kier alpha value is -2.04. The van der Waals surface area contributed by atoms with E-state index in [2.05, 4.69) is 5.32 Å². The molecule has 1 aliphatic carbocycles. The van der Waals surface area contributed by atoms with Crippen LogP contribution in [-0.2, 0) is 4.74 Å². The summed E-state index contributed by atoms with van der Waals surface area (Å²) in [4.78, 5) is 26.6. The normalized spacial score (nSPS) is 26.1. The van der Waals surface area contributed by atoms with E-state index in [9.17, 15) is 9.59 Å². The fraction of sp³-hybridized carbons (Fsp3) is 0.579. The molecule has 1 heterocycles. The van der Waals surface area contributed by atoms with E-state index in [0.29, 0.717) is 18.4 Å². The highest BCUT2D eigenvalue weighted by Crippen LogP contribution is 2.38. The number of hydrogen-bond acceptors (Lipinski definition) is 3. The molecule has 5 heteroatoms. The van der Waals surface area contributed by atoms with Crippen molar-refractivity contribution in [2.75, 3.05) is 13.1 Å². The lowest BCUT2D eigenvalue weighted by Crippen LogP contribution is -2.42. The van der Waals surface area contributed by atoms with Gasteiger partial charge >= 0.3 is 6.09 Å². The molecule has 1 saturated carbocycles. The molecular weight excluding hydrogens is 304 g/mol. The number of nitrogens with one attached hydrogen (secondary N) is 1. The molecule has 24 heavy (non-hydrogen) atoms. The third kappa shape index (κ3) is 3.71. The van der Waals surface area contributed by atoms with Crippen molar-refractivity contribution >= 4 is 12.0 Å². The lowest BCUT2D eigenvalue weighted by molar-refractivity contribution is 0.0491. The first-order valence-electron chi connectivity index (χ1n) is 8.67. The van der Waals surface area contributed by atoms with Crippen LogP contribution in [0.15, 0.2) is 30.3 Å². The number of nitrogens with zero attached hydrogens (tertiary/aromatic N) is 1. The van der Waals surface area contributed by atoms with Gasteiger partial charge in [-0.25, -0.2) is 4.79 Å². The highest BCUT2D eigenvalue weighted by Gasteiger charge is 2.44. The standard InChI is InChI=1S/C19H26N2O3/c1-19(2,3)24-18(23)20-16-10-9-14-11-21(12-15(14)16)17(22)13-7-5-4-6-8-13/h4-8,14-16H,9-12H2,1-3H3,(H,20,23)/t14-,15-,16+/m0/s1. The monoisotopic (exact) mass is 330 g/mol. The number of ether oxygens (including phenoxy) is 1. The molecule has 0 unspecified atom stereocenters. The van der Waals surface area contributed by atoms with Gasteiger partial charge in [0.05, 0.1) is 0 Å². The summed E-state index contributed by atoms with van der Waals surface area (Å²) in [6.45, 7) is 7.07. The van der Waals surface area contributed by atoms with Gasteiger partial charge in [-0.05, 0) is 51.7 Å². The molecule has 2 aliphatic rings. The molecule has 1 saturated heterocycles. The lowest BCUT2D eigenvalue weighted by Gasteiger charge is -2.25. The van der Waals surface area contributed by atoms with Crippen LogP contribution in [0.5, 0.6) is 0 Å². The molecule has 2 fully saturated rings. The van der Waals surface area contributed by atoms with Gasteiger partial charge in [-0.15, -0.1) is 0 Å². The van der Waals surface area contributed by atoms with E-state index in [1.165, 1.54) is 0 Å². The number of carbonyl (C=O) groups excluding carboxylic acids is 2. The SMILES string of the molecule is CC(C)(C)OC(=O)N[C@@H]1CC[C@H]2CN(C(=O)c3ccccc3)C[C@@H]21. The summed E-state index contributed by atoms with van der Waals surface area (Å²) >= 11 is 0. The first kappa shape index (κ1) is 16.8. The van der Waals surface area contributed by atoms with Gasteiger partial charge in [-0.1, -0.05) is 18.2 Å². The quantitative estimate of drug-likeness (QED) is 0.906. The first-order valence-corrected chi connectivity index (χ1v) is 8.67. The van der Waals surface area contributed by atoms with E-state index in [0.717, 1.165) is 24.9 Å². The van der Waals surface area contributed by atoms with Crippen molar-refractivity contribution in [3.63, 3.8) is 0 Å². The maximum absolute atomic E-state index is 12.6. The molecule has 130 valence electrons. The second-order valence-electron chi connectivity index (χ2n) is 7.83. The van der Waals surface area contributed by atoms with Crippen molar-refractivity contribution in [3.8, 4) is 0 Å². The van der Waals surface area contributed by atoms with Crippen LogP contribution in [0, 0.1) is 11.8 Å². The predicted octanol–water partition coefficient (Wildman–Crippen LogP) is 3.06. The zero-order valence-electron chi connectivity index (χ0n) is 14.6. The van der Waals surface area contributed by atoms with E-state index in [1.807, 2.05) is 56.0 Å². The van der Waals surface area contributed by atoms with Crippen LogP contribution in [0.2, 0.25) is 0 Å². The number of likely N-dealkylation sites (tertiary alicyclic amines) is 1. The highest BCUT2D eigenvalue weighted by molar-refractivity contribution is 5.94. The van der Waals surface area contributed by atoms with Gasteiger partial charge in [0.15, 0.2) is 0 Å². The fourth-order valence-corrected chi connectivity index (χ4v) is 3.83. The fourth-order valence-electron chi connectivity index (χ4n) is 3.83. The molecule has 0 spiro atoms. The zero-order valence-corrected chi connectivity index (χ0v) is 14.6. The Balaban J connectivity index is 1.60. The molecule has 0 radical (unpaired) electrons. The van der Waals surface area contributed by atoms with Crippen molar-refractivity contribution < 1.29 is 14.3 Å². The zero-order chi connectivity index (χ0) is 17.3. The Labute approximate surface area is 143 Å². The van der Waals surface area contributed by atoms with Crippen LogP contribution in [-0.4, -0.2) is 41.6 Å². The highest BCUT2D eigenvalue weighted by atomic mass is 16.6. The second kappa shape index (κ2) is 6.46. The number of carbonyl (C=O) groups is 2. The Kier molecular flexibility index (Phi) is 4.52. The Morgan fingerprint density at radius 1 is 1.12 bits per heavy atom. The van der Waals surface area contributed by atoms with E-state index in [4.69, 9.17) is 4.74 Å². The number of alkyl carbamates (subject to hydrolysis) is 1. The molecular formula is C19H26N2O3. The van der Waals surface area contributed by atoms with Gasteiger partial charge in [-0.2, -0.15) is 0 Å². The third-order valence-corrected chi connectivity index (χ3v) is 4.87. The summed E-state index contributed by atoms with van der Waals surface area (Å²) in [5.74, 6) is 0.879. The van der Waals surface area contributed by atoms with E-state index >= 15 is 0 Å². The summed E-state index contributed by atoms with van der Waals surface area (Å²) in [7, 11) is 0. The van der Waals surface area contributed by atoms with Crippen molar-refractivity contribution in [1.29, 1.82) is 0 Å². The van der Waals surface area contributed by atoms with Gasteiger partial charge in [-0.3, -0.25) is 4.79 Å². The summed E-state index contributed by atoms with van der Waals surface area (Å²) in [6, 6.07) is 9.49. The molecule has 2 amide bonds. The van der Waals surface area contributed by atoms with Crippen LogP contribution in [0.3, 0.4) is 0 Å². The molecule has 1 aromatic rings. The Morgan fingerprint density at radius 3 is 2.50 bits per heavy atom. The topological polar surface area (TPSA) is 58.6 Å². The van der Waals surface area contributed by atoms with Gasteiger partial charge in [0.25, 0.3) is 5.91 Å². The van der Waals surface area contributed by atoms with Gasteiger partial charge in [0.2, 0.25) is 0 Å². The van der Waals surface area contributed by atoms with Crippen molar-refractivity contribution in [3.05, 3.63) is 35.9 Å². The van der Waals surface area contributed by atoms with Crippen molar-refractivity contribution in [2.24, 2.45) is 11.8 Å². The first-order chi connectivity index (χ1) is 11.3. The minimum absolute atomic E-state index is 0.0843. The van der Waals surface area contributed by atoms with Crippen LogP contribution in [0.25, 0.3) is 0 Å². The Morgan fingerprint density at radius 2 is 1.83 bits per heavy atom. The molecule has 1 aliphatic heterocycles. The molecule has 0 aromatic heterocycles. The van der Waals surface area contributed by atoms with Gasteiger partial charge < -0.3 is 15.0 Å². The van der Waals surface area contributed by atoms with Crippen LogP contribution >= 0.6 is 0 Å². The minimum atomic E-state index is -0.493. The Bertz CT molecular complexity index is 609. The maximum Gasteiger partial charge on any atom is 0.407 e. The minimum Gasteiger partial charge on any atom is -0.444 e.